The van der Waals surface area contributed by atoms with Gasteiger partial charge in [0.25, 0.3) is 0 Å². The van der Waals surface area contributed by atoms with E-state index in [4.69, 9.17) is 5.11 Å². The predicted octanol–water partition coefficient (Wildman–Crippen LogP) is 6.61. The molecule has 2 N–H and O–H groups in total. The van der Waals surface area contributed by atoms with E-state index in [1.54, 1.807) is 0 Å². The first-order chi connectivity index (χ1) is 14.0. The Morgan fingerprint density at radius 2 is 1.21 bits per heavy atom. The van der Waals surface area contributed by atoms with Crippen molar-refractivity contribution in [3.05, 3.63) is 12.2 Å². The number of aliphatic hydroxyl groups excluding tert-OH is 1. The molecule has 0 bridgehead atoms. The molecule has 0 fully saturated rings. The predicted molar refractivity (Wildman–Crippen MR) is 127 cm³/mol. The van der Waals surface area contributed by atoms with E-state index in [2.05, 4.69) is 45.2 Å². The number of aldehydes is 1. The van der Waals surface area contributed by atoms with E-state index >= 15 is 0 Å². The highest BCUT2D eigenvalue weighted by Crippen LogP contribution is 2.09. The molecule has 0 aliphatic rings. The summed E-state index contributed by atoms with van der Waals surface area (Å²) in [5.41, 5.74) is 0. The summed E-state index contributed by atoms with van der Waals surface area (Å²) in [6, 6.07) is 0. The molecular formula is C25H51NO3. The number of hydrogen-bond acceptors (Lipinski definition) is 3. The fourth-order valence-electron chi connectivity index (χ4n) is 2.60. The van der Waals surface area contributed by atoms with Crippen LogP contribution in [-0.2, 0) is 9.59 Å². The third-order valence-corrected chi connectivity index (χ3v) is 4.05. The van der Waals surface area contributed by atoms with Gasteiger partial charge in [-0.25, -0.2) is 0 Å². The van der Waals surface area contributed by atoms with E-state index in [0.717, 1.165) is 32.2 Å². The fourth-order valence-corrected chi connectivity index (χ4v) is 2.60. The monoisotopic (exact) mass is 413 g/mol. The zero-order chi connectivity index (χ0) is 22.6. The van der Waals surface area contributed by atoms with Gasteiger partial charge in [0, 0.05) is 13.5 Å². The van der Waals surface area contributed by atoms with Gasteiger partial charge < -0.3 is 15.2 Å². The number of amides is 1. The van der Waals surface area contributed by atoms with Crippen molar-refractivity contribution in [2.24, 2.45) is 5.92 Å². The number of hydrogen-bond donors (Lipinski definition) is 2. The van der Waals surface area contributed by atoms with Crippen molar-refractivity contribution in [3.63, 3.8) is 0 Å². The quantitative estimate of drug-likeness (QED) is 0.160. The lowest BCUT2D eigenvalue weighted by atomic mass is 10.1. The number of nitrogens with one attached hydrogen (secondary N) is 1. The van der Waals surface area contributed by atoms with Crippen molar-refractivity contribution in [3.8, 4) is 0 Å². The third-order valence-electron chi connectivity index (χ3n) is 4.05. The Hall–Kier alpha value is -1.16. The molecule has 0 aromatic carbocycles. The Kier molecular flexibility index (Phi) is 35.3. The first kappa shape index (κ1) is 32.5. The lowest BCUT2D eigenvalue weighted by molar-refractivity contribution is -0.122. The largest absolute Gasteiger partial charge is 0.400 e. The molecule has 0 saturated heterocycles. The van der Waals surface area contributed by atoms with Crippen molar-refractivity contribution in [2.75, 3.05) is 13.7 Å². The van der Waals surface area contributed by atoms with Crippen molar-refractivity contribution in [2.45, 2.75) is 118 Å². The van der Waals surface area contributed by atoms with E-state index in [0.29, 0.717) is 6.42 Å². The van der Waals surface area contributed by atoms with Crippen molar-refractivity contribution in [1.29, 1.82) is 0 Å². The molecule has 1 amide bonds. The van der Waals surface area contributed by atoms with Crippen molar-refractivity contribution in [1.82, 2.24) is 5.32 Å². The van der Waals surface area contributed by atoms with Crippen molar-refractivity contribution < 1.29 is 14.7 Å². The minimum Gasteiger partial charge on any atom is -0.400 e. The zero-order valence-electron chi connectivity index (χ0n) is 20.2. The van der Waals surface area contributed by atoms with Gasteiger partial charge in [-0.2, -0.15) is 0 Å². The second-order valence-corrected chi connectivity index (χ2v) is 8.04. The molecular weight excluding hydrogens is 362 g/mol. The van der Waals surface area contributed by atoms with Crippen LogP contribution in [-0.4, -0.2) is 31.0 Å². The average molecular weight is 414 g/mol. The van der Waals surface area contributed by atoms with Crippen LogP contribution < -0.4 is 5.32 Å². The standard InChI is InChI=1S/C20H37NO2.C4H10.CH4O/c1-2-3-4-5-6-7-8-9-10-11-12-13-14-15-16-17-20(23)21-18-19-22;1-4(2)3;1-2/h9-10,19H,2-8,11-18H2,1H3,(H,21,23);4H,1-3H3;2H,1H3/b10-9+;;. The summed E-state index contributed by atoms with van der Waals surface area (Å²) in [5.74, 6) is 0.828. The molecule has 0 spiro atoms. The minimum atomic E-state index is -0.00488. The summed E-state index contributed by atoms with van der Waals surface area (Å²) in [6.45, 7) is 8.90. The van der Waals surface area contributed by atoms with E-state index < -0.39 is 0 Å². The summed E-state index contributed by atoms with van der Waals surface area (Å²) in [4.78, 5) is 21.4. The summed E-state index contributed by atoms with van der Waals surface area (Å²) < 4.78 is 0. The summed E-state index contributed by atoms with van der Waals surface area (Å²) in [6.07, 6.45) is 22.3. The summed E-state index contributed by atoms with van der Waals surface area (Å²) >= 11 is 0. The molecule has 0 atom stereocenters. The Bertz CT molecular complexity index is 338. The molecule has 0 heterocycles. The van der Waals surface area contributed by atoms with Gasteiger partial charge in [0.15, 0.2) is 0 Å². The molecule has 0 saturated carbocycles. The van der Waals surface area contributed by atoms with Gasteiger partial charge in [0.1, 0.15) is 6.29 Å². The lowest BCUT2D eigenvalue weighted by Crippen LogP contribution is -2.24. The van der Waals surface area contributed by atoms with Crippen LogP contribution in [0.4, 0.5) is 0 Å². The van der Waals surface area contributed by atoms with Crippen LogP contribution in [0.15, 0.2) is 12.2 Å². The van der Waals surface area contributed by atoms with E-state index in [-0.39, 0.29) is 12.5 Å². The van der Waals surface area contributed by atoms with Gasteiger partial charge in [0.05, 0.1) is 6.54 Å². The van der Waals surface area contributed by atoms with Gasteiger partial charge in [-0.15, -0.1) is 0 Å². The highest BCUT2D eigenvalue weighted by Gasteiger charge is 1.99. The fraction of sp³-hybridized carbons (Fsp3) is 0.840. The third kappa shape index (κ3) is 42.1. The molecule has 0 aromatic heterocycles. The van der Waals surface area contributed by atoms with Gasteiger partial charge >= 0.3 is 0 Å². The van der Waals surface area contributed by atoms with Crippen LogP contribution in [0.5, 0.6) is 0 Å². The number of carbonyl (C=O) groups is 2. The Morgan fingerprint density at radius 3 is 1.66 bits per heavy atom. The maximum Gasteiger partial charge on any atom is 0.220 e. The van der Waals surface area contributed by atoms with Gasteiger partial charge in [0.2, 0.25) is 5.91 Å². The van der Waals surface area contributed by atoms with Crippen molar-refractivity contribution >= 4 is 12.2 Å². The second-order valence-electron chi connectivity index (χ2n) is 8.04. The smallest absolute Gasteiger partial charge is 0.220 e. The second kappa shape index (κ2) is 31.5. The molecule has 4 heteroatoms. The molecule has 0 aromatic rings. The summed E-state index contributed by atoms with van der Waals surface area (Å²) in [5, 5.41) is 9.57. The highest BCUT2D eigenvalue weighted by molar-refractivity contribution is 5.78. The zero-order valence-corrected chi connectivity index (χ0v) is 20.2. The number of rotatable bonds is 17. The van der Waals surface area contributed by atoms with Gasteiger partial charge in [-0.3, -0.25) is 4.79 Å². The first-order valence-electron chi connectivity index (χ1n) is 11.8. The Morgan fingerprint density at radius 1 is 0.793 bits per heavy atom. The first-order valence-corrected chi connectivity index (χ1v) is 11.8. The highest BCUT2D eigenvalue weighted by atomic mass is 16.2. The molecule has 0 rings (SSSR count). The van der Waals surface area contributed by atoms with Crippen LogP contribution >= 0.6 is 0 Å². The molecule has 0 aliphatic carbocycles. The Labute approximate surface area is 181 Å². The molecule has 29 heavy (non-hydrogen) atoms. The maximum absolute atomic E-state index is 11.3. The van der Waals surface area contributed by atoms with Crippen LogP contribution in [0.25, 0.3) is 0 Å². The van der Waals surface area contributed by atoms with Crippen LogP contribution in [0.1, 0.15) is 118 Å². The number of allylic oxidation sites excluding steroid dienone is 2. The van der Waals surface area contributed by atoms with Crippen LogP contribution in [0.2, 0.25) is 0 Å². The lowest BCUT2D eigenvalue weighted by Gasteiger charge is -2.01. The van der Waals surface area contributed by atoms with Crippen LogP contribution in [0.3, 0.4) is 0 Å². The average Bonchev–Trinajstić information content (AvgIpc) is 2.70. The topological polar surface area (TPSA) is 66.4 Å². The SMILES string of the molecule is CC(C)C.CCCCCCCC/C=C/CCCCCCCC(=O)NCC=O.CO. The van der Waals surface area contributed by atoms with Gasteiger partial charge in [-0.1, -0.05) is 91.2 Å². The van der Waals surface area contributed by atoms with E-state index in [1.807, 2.05) is 0 Å². The van der Waals surface area contributed by atoms with Crippen LogP contribution in [0, 0.1) is 5.92 Å². The molecule has 174 valence electrons. The Balaban J connectivity index is -0.000000994. The van der Waals surface area contributed by atoms with E-state index in [1.165, 1.54) is 70.6 Å². The normalized spacial score (nSPS) is 10.2. The number of carbonyl (C=O) groups excluding carboxylic acids is 2. The molecule has 4 nitrogen and oxygen atoms in total. The van der Waals surface area contributed by atoms with E-state index in [9.17, 15) is 9.59 Å². The number of aliphatic hydroxyl groups is 1. The molecule has 0 radical (unpaired) electrons. The number of unbranched alkanes of at least 4 members (excludes halogenated alkanes) is 11. The maximum atomic E-state index is 11.3. The van der Waals surface area contributed by atoms with Gasteiger partial charge in [-0.05, 0) is 38.0 Å². The molecule has 0 aliphatic heterocycles. The summed E-state index contributed by atoms with van der Waals surface area (Å²) in [7, 11) is 1.00. The minimum absolute atomic E-state index is 0.00488. The molecule has 0 unspecified atom stereocenters.